The zero-order valence-corrected chi connectivity index (χ0v) is 18.2. The molecule has 0 aliphatic rings. The van der Waals surface area contributed by atoms with Gasteiger partial charge in [0.15, 0.2) is 0 Å². The maximum absolute atomic E-state index is 10.7. The molecule has 2 atom stereocenters. The predicted molar refractivity (Wildman–Crippen MR) is 120 cm³/mol. The first kappa shape index (κ1) is 22.3. The van der Waals surface area contributed by atoms with Crippen molar-refractivity contribution in [1.29, 1.82) is 0 Å². The van der Waals surface area contributed by atoms with Crippen LogP contribution in [0.2, 0.25) is 0 Å². The van der Waals surface area contributed by atoms with Crippen molar-refractivity contribution < 1.29 is 10.2 Å². The van der Waals surface area contributed by atoms with Gasteiger partial charge in [0.1, 0.15) is 11.5 Å². The van der Waals surface area contributed by atoms with Crippen LogP contribution in [-0.2, 0) is 0 Å². The summed E-state index contributed by atoms with van der Waals surface area (Å²) in [5.41, 5.74) is 3.80. The maximum atomic E-state index is 10.7. The highest BCUT2D eigenvalue weighted by molar-refractivity contribution is 5.76. The molecule has 2 rings (SSSR count). The van der Waals surface area contributed by atoms with Gasteiger partial charge in [-0.15, -0.1) is 0 Å². The summed E-state index contributed by atoms with van der Waals surface area (Å²) in [6.07, 6.45) is 9.27. The van der Waals surface area contributed by atoms with E-state index in [0.29, 0.717) is 23.0 Å². The highest BCUT2D eigenvalue weighted by Crippen LogP contribution is 2.40. The Morgan fingerprint density at radius 1 is 0.643 bits per heavy atom. The smallest absolute Gasteiger partial charge is 0.123 e. The van der Waals surface area contributed by atoms with E-state index in [2.05, 4.69) is 39.8 Å². The van der Waals surface area contributed by atoms with Crippen LogP contribution in [-0.4, -0.2) is 10.2 Å². The number of hydrogen-bond donors (Lipinski definition) is 2. The third kappa shape index (κ3) is 5.53. The van der Waals surface area contributed by atoms with Gasteiger partial charge in [-0.1, -0.05) is 77.6 Å². The molecule has 154 valence electrons. The first-order valence-electron chi connectivity index (χ1n) is 11.2. The molecule has 2 aromatic carbocycles. The van der Waals surface area contributed by atoms with Gasteiger partial charge in [-0.3, -0.25) is 0 Å². The van der Waals surface area contributed by atoms with Crippen molar-refractivity contribution in [2.45, 2.75) is 90.9 Å². The molecular weight excluding hydrogens is 344 g/mol. The molecule has 0 saturated carbocycles. The molecule has 2 nitrogen and oxygen atoms in total. The minimum absolute atomic E-state index is 0.258. The first-order valence-corrected chi connectivity index (χ1v) is 11.2. The fourth-order valence-corrected chi connectivity index (χ4v) is 4.17. The quantitative estimate of drug-likeness (QED) is 0.412. The summed E-state index contributed by atoms with van der Waals surface area (Å²) in [5.74, 6) is 1.49. The van der Waals surface area contributed by atoms with Crippen molar-refractivity contribution in [1.82, 2.24) is 0 Å². The average molecular weight is 383 g/mol. The third-order valence-electron chi connectivity index (χ3n) is 6.07. The lowest BCUT2D eigenvalue weighted by molar-refractivity contribution is 0.466. The van der Waals surface area contributed by atoms with Crippen LogP contribution in [0.1, 0.15) is 102 Å². The Balaban J connectivity index is 2.27. The zero-order chi connectivity index (χ0) is 20.5. The molecule has 0 bridgehead atoms. The number of benzene rings is 2. The van der Waals surface area contributed by atoms with E-state index in [0.717, 1.165) is 25.7 Å². The van der Waals surface area contributed by atoms with Crippen molar-refractivity contribution in [2.24, 2.45) is 0 Å². The molecular formula is C26H38O2. The first-order chi connectivity index (χ1) is 13.5. The average Bonchev–Trinajstić information content (AvgIpc) is 2.70. The molecule has 28 heavy (non-hydrogen) atoms. The third-order valence-corrected chi connectivity index (χ3v) is 6.07. The molecule has 2 unspecified atom stereocenters. The summed E-state index contributed by atoms with van der Waals surface area (Å²) < 4.78 is 0. The van der Waals surface area contributed by atoms with E-state index in [-0.39, 0.29) is 11.5 Å². The second kappa shape index (κ2) is 11.1. The number of phenols is 2. The van der Waals surface area contributed by atoms with E-state index in [1.165, 1.54) is 36.8 Å². The van der Waals surface area contributed by atoms with Crippen LogP contribution >= 0.6 is 0 Å². The standard InChI is InChI=1S/C26H38O2/c1-5-9-11-19(7-3)21-13-15-23(25(27)17-21)24-16-14-22(18-26(24)28)20(8-4)12-10-6-2/h13-20,27-28H,5-12H2,1-4H3. The van der Waals surface area contributed by atoms with Gasteiger partial charge in [-0.25, -0.2) is 0 Å². The zero-order valence-electron chi connectivity index (χ0n) is 18.2. The molecule has 0 aromatic heterocycles. The van der Waals surface area contributed by atoms with Gasteiger partial charge in [0.25, 0.3) is 0 Å². The van der Waals surface area contributed by atoms with Crippen LogP contribution in [0.4, 0.5) is 0 Å². The van der Waals surface area contributed by atoms with Gasteiger partial charge in [0.2, 0.25) is 0 Å². The van der Waals surface area contributed by atoms with Crippen LogP contribution in [0.5, 0.6) is 11.5 Å². The topological polar surface area (TPSA) is 40.5 Å². The lowest BCUT2D eigenvalue weighted by Crippen LogP contribution is -1.99. The van der Waals surface area contributed by atoms with E-state index in [1.54, 1.807) is 0 Å². The molecule has 0 amide bonds. The van der Waals surface area contributed by atoms with Gasteiger partial charge in [0.05, 0.1) is 0 Å². The highest BCUT2D eigenvalue weighted by atomic mass is 16.3. The Labute approximate surface area is 171 Å². The van der Waals surface area contributed by atoms with Crippen LogP contribution in [0.3, 0.4) is 0 Å². The molecule has 0 saturated heterocycles. The number of rotatable bonds is 11. The largest absolute Gasteiger partial charge is 0.507 e. The molecule has 0 aliphatic heterocycles. The van der Waals surface area contributed by atoms with Gasteiger partial charge in [-0.05, 0) is 60.8 Å². The molecule has 2 N–H and O–H groups in total. The van der Waals surface area contributed by atoms with Gasteiger partial charge in [0, 0.05) is 11.1 Å². The van der Waals surface area contributed by atoms with Crippen molar-refractivity contribution in [3.63, 3.8) is 0 Å². The van der Waals surface area contributed by atoms with Crippen molar-refractivity contribution in [3.05, 3.63) is 47.5 Å². The minimum atomic E-state index is 0.258. The predicted octanol–water partition coefficient (Wildman–Crippen LogP) is 8.13. The summed E-state index contributed by atoms with van der Waals surface area (Å²) in [6.45, 7) is 8.84. The Hall–Kier alpha value is -1.96. The molecule has 0 fully saturated rings. The van der Waals surface area contributed by atoms with E-state index < -0.39 is 0 Å². The SMILES string of the molecule is CCCCC(CC)c1ccc(-c2ccc(C(CC)CCCC)cc2O)c(O)c1. The van der Waals surface area contributed by atoms with Gasteiger partial charge >= 0.3 is 0 Å². The number of aromatic hydroxyl groups is 2. The summed E-state index contributed by atoms with van der Waals surface area (Å²) in [5, 5.41) is 21.3. The Bertz CT molecular complexity index is 672. The van der Waals surface area contributed by atoms with Crippen LogP contribution in [0, 0.1) is 0 Å². The normalized spacial score (nSPS) is 13.4. The van der Waals surface area contributed by atoms with E-state index in [9.17, 15) is 10.2 Å². The fraction of sp³-hybridized carbons (Fsp3) is 0.538. The molecule has 0 heterocycles. The van der Waals surface area contributed by atoms with Gasteiger partial charge in [-0.2, -0.15) is 0 Å². The maximum Gasteiger partial charge on any atom is 0.123 e. The van der Waals surface area contributed by atoms with E-state index in [1.807, 2.05) is 24.3 Å². The Morgan fingerprint density at radius 3 is 1.32 bits per heavy atom. The Kier molecular flexibility index (Phi) is 8.89. The van der Waals surface area contributed by atoms with E-state index >= 15 is 0 Å². The summed E-state index contributed by atoms with van der Waals surface area (Å²) >= 11 is 0. The molecule has 2 aromatic rings. The fourth-order valence-electron chi connectivity index (χ4n) is 4.17. The molecule has 0 radical (unpaired) electrons. The lowest BCUT2D eigenvalue weighted by atomic mass is 9.88. The monoisotopic (exact) mass is 382 g/mol. The Morgan fingerprint density at radius 2 is 1.04 bits per heavy atom. The van der Waals surface area contributed by atoms with Gasteiger partial charge < -0.3 is 10.2 Å². The summed E-state index contributed by atoms with van der Waals surface area (Å²) in [6, 6.07) is 11.9. The minimum Gasteiger partial charge on any atom is -0.507 e. The number of phenolic OH excluding ortho intramolecular Hbond substituents is 2. The van der Waals surface area contributed by atoms with Crippen LogP contribution < -0.4 is 0 Å². The van der Waals surface area contributed by atoms with Crippen LogP contribution in [0.15, 0.2) is 36.4 Å². The summed E-state index contributed by atoms with van der Waals surface area (Å²) in [7, 11) is 0. The molecule has 2 heteroatoms. The number of unbranched alkanes of at least 4 members (excludes halogenated alkanes) is 2. The van der Waals surface area contributed by atoms with Crippen molar-refractivity contribution in [3.8, 4) is 22.6 Å². The molecule has 0 spiro atoms. The lowest BCUT2D eigenvalue weighted by Gasteiger charge is -2.18. The molecule has 0 aliphatic carbocycles. The summed E-state index contributed by atoms with van der Waals surface area (Å²) in [4.78, 5) is 0. The van der Waals surface area contributed by atoms with Crippen molar-refractivity contribution >= 4 is 0 Å². The van der Waals surface area contributed by atoms with E-state index in [4.69, 9.17) is 0 Å². The van der Waals surface area contributed by atoms with Crippen molar-refractivity contribution in [2.75, 3.05) is 0 Å². The second-order valence-corrected chi connectivity index (χ2v) is 8.05. The highest BCUT2D eigenvalue weighted by Gasteiger charge is 2.16. The second-order valence-electron chi connectivity index (χ2n) is 8.05. The van der Waals surface area contributed by atoms with Crippen LogP contribution in [0.25, 0.3) is 11.1 Å². The number of hydrogen-bond acceptors (Lipinski definition) is 2.